The topological polar surface area (TPSA) is 9.23 Å². The minimum absolute atomic E-state index is 0.104. The maximum Gasteiger partial charge on any atom is 0.114 e. The largest absolute Gasteiger partial charge is 0.446 e. The van der Waals surface area contributed by atoms with Crippen LogP contribution >= 0.6 is 7.92 Å². The Labute approximate surface area is 127 Å². The molecule has 0 atom stereocenters. The highest BCUT2D eigenvalue weighted by Crippen LogP contribution is 2.54. The molecule has 0 N–H and O–H groups in total. The van der Waals surface area contributed by atoms with Crippen LogP contribution in [0.15, 0.2) is 0 Å². The lowest BCUT2D eigenvalue weighted by Gasteiger charge is -2.34. The van der Waals surface area contributed by atoms with Crippen molar-refractivity contribution in [2.24, 2.45) is 0 Å². The highest BCUT2D eigenvalue weighted by Gasteiger charge is 2.30. The molecule has 114 valence electrons. The molecule has 2 saturated carbocycles. The van der Waals surface area contributed by atoms with E-state index < -0.39 is 0 Å². The van der Waals surface area contributed by atoms with E-state index in [4.69, 9.17) is 4.74 Å². The number of unbranched alkanes of at least 4 members (excludes halogenated alkanes) is 1. The Kier molecular flexibility index (Phi) is 7.82. The first-order valence-electron chi connectivity index (χ1n) is 8.82. The predicted molar refractivity (Wildman–Crippen MR) is 89.3 cm³/mol. The van der Waals surface area contributed by atoms with Gasteiger partial charge < -0.3 is 4.74 Å². The van der Waals surface area contributed by atoms with E-state index in [1.807, 2.05) is 0 Å². The SMILES string of the molecule is CCCCOC#CP(C1CCCCC1)C1CCCCC1. The number of hydrogen-bond acceptors (Lipinski definition) is 1. The van der Waals surface area contributed by atoms with Crippen LogP contribution in [0.5, 0.6) is 0 Å². The van der Waals surface area contributed by atoms with Gasteiger partial charge in [-0.25, -0.2) is 0 Å². The van der Waals surface area contributed by atoms with E-state index in [0.29, 0.717) is 0 Å². The molecule has 0 aliphatic heterocycles. The van der Waals surface area contributed by atoms with Gasteiger partial charge in [0.25, 0.3) is 0 Å². The van der Waals surface area contributed by atoms with Gasteiger partial charge in [0.2, 0.25) is 0 Å². The van der Waals surface area contributed by atoms with Gasteiger partial charge in [0, 0.05) is 0 Å². The summed E-state index contributed by atoms with van der Waals surface area (Å²) < 4.78 is 5.54. The zero-order valence-corrected chi connectivity index (χ0v) is 14.1. The molecule has 0 aromatic rings. The Bertz CT molecular complexity index is 287. The van der Waals surface area contributed by atoms with E-state index in [2.05, 4.69) is 18.7 Å². The maximum atomic E-state index is 5.54. The number of hydrogen-bond donors (Lipinski definition) is 0. The summed E-state index contributed by atoms with van der Waals surface area (Å²) in [5, 5.41) is 0. The van der Waals surface area contributed by atoms with E-state index in [-0.39, 0.29) is 7.92 Å². The molecule has 0 amide bonds. The quantitative estimate of drug-likeness (QED) is 0.350. The van der Waals surface area contributed by atoms with E-state index in [0.717, 1.165) is 24.3 Å². The standard InChI is InChI=1S/C18H31OP/c1-2-3-14-19-15-16-20(17-10-6-4-7-11-17)18-12-8-5-9-13-18/h17-18H,2-14H2,1H3. The molecule has 0 heterocycles. The smallest absolute Gasteiger partial charge is 0.114 e. The second kappa shape index (κ2) is 9.68. The first-order valence-corrected chi connectivity index (χ1v) is 10.3. The molecular formula is C18H31OP. The molecular weight excluding hydrogens is 263 g/mol. The summed E-state index contributed by atoms with van der Waals surface area (Å²) in [5.74, 6) is 0. The average molecular weight is 294 g/mol. The molecule has 0 spiro atoms. The van der Waals surface area contributed by atoms with E-state index in [1.54, 1.807) is 0 Å². The average Bonchev–Trinajstić information content (AvgIpc) is 2.53. The highest BCUT2D eigenvalue weighted by molar-refractivity contribution is 7.64. The molecule has 2 aliphatic rings. The lowest BCUT2D eigenvalue weighted by atomic mass is 9.99. The van der Waals surface area contributed by atoms with Gasteiger partial charge in [-0.15, -0.1) is 0 Å². The molecule has 20 heavy (non-hydrogen) atoms. The van der Waals surface area contributed by atoms with E-state index >= 15 is 0 Å². The molecule has 0 aromatic heterocycles. The summed E-state index contributed by atoms with van der Waals surface area (Å²) in [6, 6.07) is 0. The van der Waals surface area contributed by atoms with Gasteiger partial charge in [-0.2, -0.15) is 0 Å². The van der Waals surface area contributed by atoms with E-state index in [1.165, 1.54) is 70.6 Å². The van der Waals surface area contributed by atoms with Crippen LogP contribution in [0.25, 0.3) is 0 Å². The molecule has 1 nitrogen and oxygen atoms in total. The lowest BCUT2D eigenvalue weighted by Crippen LogP contribution is -2.19. The molecule has 2 heteroatoms. The van der Waals surface area contributed by atoms with Crippen molar-refractivity contribution in [3.63, 3.8) is 0 Å². The van der Waals surface area contributed by atoms with Crippen molar-refractivity contribution in [1.82, 2.24) is 0 Å². The third-order valence-electron chi connectivity index (χ3n) is 4.78. The first-order chi connectivity index (χ1) is 9.92. The summed E-state index contributed by atoms with van der Waals surface area (Å²) in [6.07, 6.45) is 19.8. The van der Waals surface area contributed by atoms with Gasteiger partial charge >= 0.3 is 0 Å². The van der Waals surface area contributed by atoms with Gasteiger partial charge in [0.1, 0.15) is 12.7 Å². The summed E-state index contributed by atoms with van der Waals surface area (Å²) in [5.41, 5.74) is 5.45. The molecule has 0 radical (unpaired) electrons. The fraction of sp³-hybridized carbons (Fsp3) is 0.889. The second-order valence-electron chi connectivity index (χ2n) is 6.41. The Morgan fingerprint density at radius 1 is 0.900 bits per heavy atom. The Morgan fingerprint density at radius 2 is 1.45 bits per heavy atom. The monoisotopic (exact) mass is 294 g/mol. The lowest BCUT2D eigenvalue weighted by molar-refractivity contribution is 0.271. The molecule has 2 aliphatic carbocycles. The number of ether oxygens (including phenoxy) is 1. The fourth-order valence-corrected chi connectivity index (χ4v) is 6.53. The summed E-state index contributed by atoms with van der Waals surface area (Å²) in [4.78, 5) is 0. The van der Waals surface area contributed by atoms with Crippen LogP contribution < -0.4 is 0 Å². The predicted octanol–water partition coefficient (Wildman–Crippen LogP) is 5.87. The molecule has 2 rings (SSSR count). The van der Waals surface area contributed by atoms with Gasteiger partial charge in [0.05, 0.1) is 0 Å². The van der Waals surface area contributed by atoms with Crippen molar-refractivity contribution in [2.45, 2.75) is 95.3 Å². The highest BCUT2D eigenvalue weighted by atomic mass is 31.1. The van der Waals surface area contributed by atoms with Crippen LogP contribution in [0.1, 0.15) is 84.0 Å². The van der Waals surface area contributed by atoms with Gasteiger partial charge in [-0.3, -0.25) is 0 Å². The van der Waals surface area contributed by atoms with Crippen molar-refractivity contribution < 1.29 is 4.74 Å². The Morgan fingerprint density at radius 3 is 1.95 bits per heavy atom. The number of rotatable bonds is 5. The second-order valence-corrected chi connectivity index (χ2v) is 8.91. The maximum absolute atomic E-state index is 5.54. The molecule has 0 unspecified atom stereocenters. The summed E-state index contributed by atoms with van der Waals surface area (Å²) in [7, 11) is -0.104. The first kappa shape index (κ1) is 16.2. The third-order valence-corrected chi connectivity index (χ3v) is 7.74. The molecule has 2 fully saturated rings. The van der Waals surface area contributed by atoms with Gasteiger partial charge in [0.15, 0.2) is 0 Å². The zero-order chi connectivity index (χ0) is 14.0. The molecule has 0 aromatic carbocycles. The van der Waals surface area contributed by atoms with Crippen molar-refractivity contribution in [2.75, 3.05) is 6.61 Å². The van der Waals surface area contributed by atoms with Crippen molar-refractivity contribution in [3.05, 3.63) is 0 Å². The van der Waals surface area contributed by atoms with Crippen LogP contribution in [0, 0.1) is 11.8 Å². The normalized spacial score (nSPS) is 21.5. The van der Waals surface area contributed by atoms with Gasteiger partial charge in [-0.05, 0) is 57.0 Å². The zero-order valence-electron chi connectivity index (χ0n) is 13.2. The minimum atomic E-state index is -0.104. The van der Waals surface area contributed by atoms with Crippen LogP contribution in [-0.4, -0.2) is 17.9 Å². The molecule has 0 saturated heterocycles. The van der Waals surface area contributed by atoms with Crippen LogP contribution in [0.4, 0.5) is 0 Å². The van der Waals surface area contributed by atoms with Crippen molar-refractivity contribution in [1.29, 1.82) is 0 Å². The fourth-order valence-electron chi connectivity index (χ4n) is 3.55. The van der Waals surface area contributed by atoms with Crippen molar-refractivity contribution >= 4 is 7.92 Å². The van der Waals surface area contributed by atoms with Crippen LogP contribution in [-0.2, 0) is 4.74 Å². The van der Waals surface area contributed by atoms with Crippen LogP contribution in [0.2, 0.25) is 0 Å². The van der Waals surface area contributed by atoms with Crippen molar-refractivity contribution in [3.8, 4) is 11.8 Å². The van der Waals surface area contributed by atoms with Crippen LogP contribution in [0.3, 0.4) is 0 Å². The summed E-state index contributed by atoms with van der Waals surface area (Å²) >= 11 is 0. The Hall–Kier alpha value is -0.210. The third kappa shape index (κ3) is 5.29. The summed E-state index contributed by atoms with van der Waals surface area (Å²) in [6.45, 7) is 3.02. The Balaban J connectivity index is 1.91. The molecule has 0 bridgehead atoms. The minimum Gasteiger partial charge on any atom is -0.446 e. The van der Waals surface area contributed by atoms with E-state index in [9.17, 15) is 0 Å². The van der Waals surface area contributed by atoms with Gasteiger partial charge in [-0.1, -0.05) is 51.9 Å².